The van der Waals surface area contributed by atoms with Crippen LogP contribution in [0.3, 0.4) is 0 Å². The van der Waals surface area contributed by atoms with Gasteiger partial charge in [-0.25, -0.2) is 0 Å². The van der Waals surface area contributed by atoms with Crippen molar-refractivity contribution in [3.05, 3.63) is 57.0 Å². The SMILES string of the molecule is Cn1c(-c2ccc(C(C)(C)C)cc2)nn(C[NH+](C)Cc2ccsc2)c1=S. The van der Waals surface area contributed by atoms with Gasteiger partial charge in [-0.1, -0.05) is 45.0 Å². The minimum absolute atomic E-state index is 0.150. The average Bonchev–Trinajstić information content (AvgIpc) is 3.18. The lowest BCUT2D eigenvalue weighted by Crippen LogP contribution is -3.06. The number of hydrogen-bond donors (Lipinski definition) is 1. The van der Waals surface area contributed by atoms with Crippen molar-refractivity contribution in [2.45, 2.75) is 39.4 Å². The maximum atomic E-state index is 5.62. The highest BCUT2D eigenvalue weighted by Crippen LogP contribution is 2.25. The largest absolute Gasteiger partial charge is 0.315 e. The molecule has 3 aromatic rings. The summed E-state index contributed by atoms with van der Waals surface area (Å²) in [6, 6.07) is 10.8. The monoisotopic (exact) mass is 387 g/mol. The Balaban J connectivity index is 1.82. The maximum absolute atomic E-state index is 5.62. The first kappa shape index (κ1) is 19.0. The number of rotatable bonds is 5. The third-order valence-electron chi connectivity index (χ3n) is 4.56. The van der Waals surface area contributed by atoms with Gasteiger partial charge in [-0.3, -0.25) is 0 Å². The van der Waals surface area contributed by atoms with E-state index in [2.05, 4.69) is 68.9 Å². The van der Waals surface area contributed by atoms with Gasteiger partial charge >= 0.3 is 0 Å². The Kier molecular flexibility index (Phi) is 5.46. The van der Waals surface area contributed by atoms with E-state index in [0.29, 0.717) is 0 Å². The molecule has 0 aliphatic carbocycles. The van der Waals surface area contributed by atoms with Crippen LogP contribution in [0.2, 0.25) is 0 Å². The van der Waals surface area contributed by atoms with Crippen LogP contribution in [-0.2, 0) is 25.7 Å². The van der Waals surface area contributed by atoms with Gasteiger partial charge in [0.1, 0.15) is 6.54 Å². The van der Waals surface area contributed by atoms with Gasteiger partial charge in [-0.05, 0) is 40.0 Å². The summed E-state index contributed by atoms with van der Waals surface area (Å²) in [5.41, 5.74) is 3.92. The van der Waals surface area contributed by atoms with E-state index < -0.39 is 0 Å². The van der Waals surface area contributed by atoms with Gasteiger partial charge < -0.3 is 9.47 Å². The number of quaternary nitrogens is 1. The Morgan fingerprint density at radius 3 is 2.42 bits per heavy atom. The second-order valence-corrected chi connectivity index (χ2v) is 9.06. The minimum Gasteiger partial charge on any atom is -0.315 e. The molecule has 1 atom stereocenters. The van der Waals surface area contributed by atoms with Gasteiger partial charge in [-0.2, -0.15) is 16.0 Å². The van der Waals surface area contributed by atoms with Gasteiger partial charge in [0, 0.05) is 18.2 Å². The molecule has 26 heavy (non-hydrogen) atoms. The zero-order chi connectivity index (χ0) is 18.9. The molecule has 1 unspecified atom stereocenters. The smallest absolute Gasteiger partial charge is 0.202 e. The van der Waals surface area contributed by atoms with Crippen LogP contribution in [0.25, 0.3) is 11.4 Å². The van der Waals surface area contributed by atoms with Crippen molar-refractivity contribution >= 4 is 23.6 Å². The van der Waals surface area contributed by atoms with Crippen LogP contribution < -0.4 is 4.90 Å². The Morgan fingerprint density at radius 2 is 1.85 bits per heavy atom. The molecule has 0 saturated carbocycles. The van der Waals surface area contributed by atoms with E-state index in [4.69, 9.17) is 17.3 Å². The van der Waals surface area contributed by atoms with E-state index >= 15 is 0 Å². The third-order valence-corrected chi connectivity index (χ3v) is 5.77. The highest BCUT2D eigenvalue weighted by molar-refractivity contribution is 7.71. The molecule has 4 nitrogen and oxygen atoms in total. The maximum Gasteiger partial charge on any atom is 0.202 e. The Bertz CT molecular complexity index is 912. The third kappa shape index (κ3) is 4.14. The van der Waals surface area contributed by atoms with Gasteiger partial charge in [0.2, 0.25) is 4.77 Å². The summed E-state index contributed by atoms with van der Waals surface area (Å²) in [5.74, 6) is 0.916. The molecule has 2 aromatic heterocycles. The fourth-order valence-corrected chi connectivity index (χ4v) is 3.88. The first-order valence-electron chi connectivity index (χ1n) is 8.83. The van der Waals surface area contributed by atoms with Crippen molar-refractivity contribution in [1.82, 2.24) is 14.3 Å². The first-order chi connectivity index (χ1) is 12.3. The van der Waals surface area contributed by atoms with Gasteiger partial charge in [0.25, 0.3) is 0 Å². The summed E-state index contributed by atoms with van der Waals surface area (Å²) in [6.07, 6.45) is 0. The summed E-state index contributed by atoms with van der Waals surface area (Å²) in [7, 11) is 4.17. The molecule has 138 valence electrons. The summed E-state index contributed by atoms with van der Waals surface area (Å²) in [5, 5.41) is 9.12. The standard InChI is InChI=1S/C20H26N4S2/c1-20(2,3)17-8-6-16(7-9-17)18-21-24(19(25)23(18)5)14-22(4)12-15-10-11-26-13-15/h6-11,13H,12,14H2,1-5H3/p+1. The molecule has 3 rings (SSSR count). The average molecular weight is 388 g/mol. The topological polar surface area (TPSA) is 27.2 Å². The predicted molar refractivity (Wildman–Crippen MR) is 111 cm³/mol. The molecule has 0 fully saturated rings. The zero-order valence-electron chi connectivity index (χ0n) is 16.1. The van der Waals surface area contributed by atoms with Crippen molar-refractivity contribution in [3.63, 3.8) is 0 Å². The molecular weight excluding hydrogens is 360 g/mol. The highest BCUT2D eigenvalue weighted by Gasteiger charge is 2.16. The molecule has 2 heterocycles. The second-order valence-electron chi connectivity index (χ2n) is 7.92. The fourth-order valence-electron chi connectivity index (χ4n) is 3.01. The van der Waals surface area contributed by atoms with Gasteiger partial charge in [0.15, 0.2) is 12.5 Å². The van der Waals surface area contributed by atoms with E-state index in [0.717, 1.165) is 29.4 Å². The molecule has 0 spiro atoms. The van der Waals surface area contributed by atoms with Crippen molar-refractivity contribution in [3.8, 4) is 11.4 Å². The van der Waals surface area contributed by atoms with E-state index in [-0.39, 0.29) is 5.41 Å². The summed E-state index contributed by atoms with van der Waals surface area (Å²) in [4.78, 5) is 1.35. The van der Waals surface area contributed by atoms with Crippen LogP contribution in [0.4, 0.5) is 0 Å². The molecule has 1 aromatic carbocycles. The van der Waals surface area contributed by atoms with Crippen molar-refractivity contribution < 1.29 is 4.90 Å². The number of nitrogens with one attached hydrogen (secondary N) is 1. The van der Waals surface area contributed by atoms with Gasteiger partial charge in [0.05, 0.1) is 7.05 Å². The number of thiophene rings is 1. The van der Waals surface area contributed by atoms with Crippen LogP contribution in [0.5, 0.6) is 0 Å². The summed E-state index contributed by atoms with van der Waals surface area (Å²) < 4.78 is 4.69. The predicted octanol–water partition coefficient (Wildman–Crippen LogP) is 3.65. The van der Waals surface area contributed by atoms with E-state index in [1.165, 1.54) is 16.0 Å². The zero-order valence-corrected chi connectivity index (χ0v) is 17.7. The molecule has 0 bridgehead atoms. The quantitative estimate of drug-likeness (QED) is 0.677. The van der Waals surface area contributed by atoms with Crippen molar-refractivity contribution in [2.24, 2.45) is 7.05 Å². The van der Waals surface area contributed by atoms with Crippen LogP contribution in [0, 0.1) is 4.77 Å². The summed E-state index contributed by atoms with van der Waals surface area (Å²) in [6.45, 7) is 8.40. The minimum atomic E-state index is 0.150. The molecule has 0 aliphatic rings. The van der Waals surface area contributed by atoms with E-state index in [1.54, 1.807) is 11.3 Å². The normalized spacial score (nSPS) is 13.1. The first-order valence-corrected chi connectivity index (χ1v) is 10.2. The Morgan fingerprint density at radius 1 is 1.15 bits per heavy atom. The lowest BCUT2D eigenvalue weighted by Gasteiger charge is -2.19. The second kappa shape index (κ2) is 7.47. The number of nitrogens with zero attached hydrogens (tertiary/aromatic N) is 3. The number of hydrogen-bond acceptors (Lipinski definition) is 3. The number of benzene rings is 1. The van der Waals surface area contributed by atoms with Crippen LogP contribution in [0.1, 0.15) is 31.9 Å². The molecule has 0 aliphatic heterocycles. The highest BCUT2D eigenvalue weighted by atomic mass is 32.1. The molecular formula is C20H27N4S2+. The van der Waals surface area contributed by atoms with Crippen molar-refractivity contribution in [2.75, 3.05) is 7.05 Å². The van der Waals surface area contributed by atoms with Crippen LogP contribution >= 0.6 is 23.6 Å². The lowest BCUT2D eigenvalue weighted by atomic mass is 9.87. The van der Waals surface area contributed by atoms with Crippen LogP contribution in [0.15, 0.2) is 41.1 Å². The molecule has 0 amide bonds. The lowest BCUT2D eigenvalue weighted by molar-refractivity contribution is -0.917. The van der Waals surface area contributed by atoms with Crippen molar-refractivity contribution in [1.29, 1.82) is 0 Å². The van der Waals surface area contributed by atoms with E-state index in [9.17, 15) is 0 Å². The van der Waals surface area contributed by atoms with Crippen LogP contribution in [-0.4, -0.2) is 21.4 Å². The molecule has 0 radical (unpaired) electrons. The Hall–Kier alpha value is -1.76. The molecule has 1 N–H and O–H groups in total. The number of aromatic nitrogens is 3. The fraction of sp³-hybridized carbons (Fsp3) is 0.400. The van der Waals surface area contributed by atoms with Gasteiger partial charge in [-0.15, -0.1) is 5.10 Å². The molecule has 6 heteroatoms. The van der Waals surface area contributed by atoms with E-state index in [1.807, 2.05) is 16.3 Å². The Labute approximate surface area is 164 Å². The summed E-state index contributed by atoms with van der Waals surface area (Å²) >= 11 is 7.35. The molecule has 0 saturated heterocycles.